The van der Waals surface area contributed by atoms with Crippen molar-refractivity contribution in [2.75, 3.05) is 20.2 Å². The van der Waals surface area contributed by atoms with Gasteiger partial charge in [0.15, 0.2) is 17.5 Å². The second-order valence-corrected chi connectivity index (χ2v) is 7.69. The average molecular weight is 425 g/mol. The van der Waals surface area contributed by atoms with Gasteiger partial charge < -0.3 is 20.1 Å². The molecule has 0 radical (unpaired) electrons. The lowest BCUT2D eigenvalue weighted by atomic mass is 10.1. The summed E-state index contributed by atoms with van der Waals surface area (Å²) >= 11 is 1.78. The van der Waals surface area contributed by atoms with Crippen molar-refractivity contribution in [1.82, 2.24) is 15.6 Å². The first-order valence-corrected chi connectivity index (χ1v) is 10.9. The van der Waals surface area contributed by atoms with Gasteiger partial charge in [-0.2, -0.15) is 0 Å². The predicted molar refractivity (Wildman–Crippen MR) is 123 cm³/mol. The van der Waals surface area contributed by atoms with Crippen LogP contribution in [0.1, 0.15) is 30.2 Å². The maximum absolute atomic E-state index is 5.87. The molecular formula is C23H28N4O2S. The zero-order valence-electron chi connectivity index (χ0n) is 17.6. The van der Waals surface area contributed by atoms with Gasteiger partial charge in [-0.25, -0.2) is 4.98 Å². The third-order valence-corrected chi connectivity index (χ3v) is 5.55. The van der Waals surface area contributed by atoms with E-state index < -0.39 is 0 Å². The number of aliphatic imine (C=N–C) groups is 1. The van der Waals surface area contributed by atoms with Gasteiger partial charge in [-0.1, -0.05) is 31.2 Å². The highest BCUT2D eigenvalue weighted by atomic mass is 32.1. The lowest BCUT2D eigenvalue weighted by molar-refractivity contribution is 0.319. The summed E-state index contributed by atoms with van der Waals surface area (Å²) in [6.45, 7) is 6.18. The van der Waals surface area contributed by atoms with Crippen molar-refractivity contribution in [3.05, 3.63) is 70.5 Å². The molecule has 0 bridgehead atoms. The SMILES string of the molecule is CCOc1ccccc1Oc1ccc(CNC(=NC)NCC(C)c2cccs2)cn1. The van der Waals surface area contributed by atoms with E-state index in [0.29, 0.717) is 36.4 Å². The number of aromatic nitrogens is 1. The zero-order valence-corrected chi connectivity index (χ0v) is 18.4. The Morgan fingerprint density at radius 1 is 1.10 bits per heavy atom. The van der Waals surface area contributed by atoms with E-state index in [4.69, 9.17) is 9.47 Å². The largest absolute Gasteiger partial charge is 0.490 e. The minimum atomic E-state index is 0.432. The number of nitrogens with one attached hydrogen (secondary N) is 2. The summed E-state index contributed by atoms with van der Waals surface area (Å²) < 4.78 is 11.5. The molecule has 0 spiro atoms. The molecule has 2 aromatic heterocycles. The Labute approximate surface area is 182 Å². The van der Waals surface area contributed by atoms with Crippen LogP contribution in [0.4, 0.5) is 0 Å². The average Bonchev–Trinajstić information content (AvgIpc) is 3.31. The number of hydrogen-bond acceptors (Lipinski definition) is 5. The summed E-state index contributed by atoms with van der Waals surface area (Å²) in [5, 5.41) is 8.81. The molecule has 0 aliphatic carbocycles. The lowest BCUT2D eigenvalue weighted by Crippen LogP contribution is -2.38. The Morgan fingerprint density at radius 3 is 2.60 bits per heavy atom. The van der Waals surface area contributed by atoms with Crippen LogP contribution in [0.3, 0.4) is 0 Å². The number of pyridine rings is 1. The second kappa shape index (κ2) is 11.2. The third-order valence-electron chi connectivity index (χ3n) is 4.45. The van der Waals surface area contributed by atoms with Crippen LogP contribution in [0.2, 0.25) is 0 Å². The Bertz CT molecular complexity index is 927. The molecule has 3 rings (SSSR count). The molecule has 2 N–H and O–H groups in total. The minimum absolute atomic E-state index is 0.432. The molecule has 1 aromatic carbocycles. The van der Waals surface area contributed by atoms with Crippen molar-refractivity contribution in [2.45, 2.75) is 26.3 Å². The van der Waals surface area contributed by atoms with E-state index in [0.717, 1.165) is 18.1 Å². The fourth-order valence-electron chi connectivity index (χ4n) is 2.83. The second-order valence-electron chi connectivity index (χ2n) is 6.71. The van der Waals surface area contributed by atoms with Gasteiger partial charge in [-0.15, -0.1) is 11.3 Å². The van der Waals surface area contributed by atoms with Gasteiger partial charge >= 0.3 is 0 Å². The quantitative estimate of drug-likeness (QED) is 0.381. The number of nitrogens with zero attached hydrogens (tertiary/aromatic N) is 2. The van der Waals surface area contributed by atoms with Crippen LogP contribution in [0.15, 0.2) is 65.1 Å². The Morgan fingerprint density at radius 2 is 1.93 bits per heavy atom. The van der Waals surface area contributed by atoms with E-state index in [9.17, 15) is 0 Å². The summed E-state index contributed by atoms with van der Waals surface area (Å²) in [4.78, 5) is 10.1. The lowest BCUT2D eigenvalue weighted by Gasteiger charge is -2.15. The first-order valence-electron chi connectivity index (χ1n) is 10.0. The maximum Gasteiger partial charge on any atom is 0.219 e. The number of rotatable bonds is 9. The molecule has 1 atom stereocenters. The van der Waals surface area contributed by atoms with Crippen molar-refractivity contribution in [2.24, 2.45) is 4.99 Å². The summed E-state index contributed by atoms with van der Waals surface area (Å²) in [5.74, 6) is 3.09. The van der Waals surface area contributed by atoms with E-state index in [1.54, 1.807) is 24.6 Å². The summed E-state index contributed by atoms with van der Waals surface area (Å²) in [7, 11) is 1.77. The minimum Gasteiger partial charge on any atom is -0.490 e. The van der Waals surface area contributed by atoms with E-state index >= 15 is 0 Å². The number of hydrogen-bond donors (Lipinski definition) is 2. The van der Waals surface area contributed by atoms with Gasteiger partial charge in [-0.3, -0.25) is 4.99 Å². The molecule has 2 heterocycles. The van der Waals surface area contributed by atoms with Gasteiger partial charge in [0.05, 0.1) is 6.61 Å². The number of para-hydroxylation sites is 2. The maximum atomic E-state index is 5.87. The van der Waals surface area contributed by atoms with Crippen LogP contribution in [0.5, 0.6) is 17.4 Å². The molecule has 0 aliphatic heterocycles. The highest BCUT2D eigenvalue weighted by Gasteiger charge is 2.08. The van der Waals surface area contributed by atoms with Crippen molar-refractivity contribution in [1.29, 1.82) is 0 Å². The molecule has 158 valence electrons. The number of benzene rings is 1. The molecular weight excluding hydrogens is 396 g/mol. The van der Waals surface area contributed by atoms with E-state index in [1.165, 1.54) is 4.88 Å². The molecule has 0 saturated carbocycles. The topological polar surface area (TPSA) is 67.8 Å². The summed E-state index contributed by atoms with van der Waals surface area (Å²) in [5.41, 5.74) is 1.04. The molecule has 0 aliphatic rings. The van der Waals surface area contributed by atoms with Gasteiger partial charge in [0, 0.05) is 43.2 Å². The molecule has 3 aromatic rings. The van der Waals surface area contributed by atoms with Crippen molar-refractivity contribution >= 4 is 17.3 Å². The van der Waals surface area contributed by atoms with Crippen molar-refractivity contribution in [3.63, 3.8) is 0 Å². The predicted octanol–water partition coefficient (Wildman–Crippen LogP) is 4.80. The normalized spacial score (nSPS) is 12.3. The van der Waals surface area contributed by atoms with Crippen LogP contribution in [-0.2, 0) is 6.54 Å². The van der Waals surface area contributed by atoms with Crippen LogP contribution in [-0.4, -0.2) is 31.1 Å². The molecule has 30 heavy (non-hydrogen) atoms. The molecule has 0 fully saturated rings. The zero-order chi connectivity index (χ0) is 21.2. The molecule has 1 unspecified atom stereocenters. The molecule has 0 saturated heterocycles. The van der Waals surface area contributed by atoms with Crippen molar-refractivity contribution in [3.8, 4) is 17.4 Å². The van der Waals surface area contributed by atoms with Crippen molar-refractivity contribution < 1.29 is 9.47 Å². The Kier molecular flexibility index (Phi) is 8.09. The highest BCUT2D eigenvalue weighted by Crippen LogP contribution is 2.30. The first kappa shape index (κ1) is 21.6. The first-order chi connectivity index (χ1) is 14.7. The molecule has 6 nitrogen and oxygen atoms in total. The fourth-order valence-corrected chi connectivity index (χ4v) is 3.61. The smallest absolute Gasteiger partial charge is 0.219 e. The van der Waals surface area contributed by atoms with Gasteiger partial charge in [0.1, 0.15) is 0 Å². The van der Waals surface area contributed by atoms with Crippen LogP contribution in [0, 0.1) is 0 Å². The number of ether oxygens (including phenoxy) is 2. The monoisotopic (exact) mass is 424 g/mol. The Balaban J connectivity index is 1.50. The van der Waals surface area contributed by atoms with Crippen LogP contribution >= 0.6 is 11.3 Å². The summed E-state index contributed by atoms with van der Waals surface area (Å²) in [6.07, 6.45) is 1.80. The van der Waals surface area contributed by atoms with E-state index in [1.807, 2.05) is 43.3 Å². The summed E-state index contributed by atoms with van der Waals surface area (Å²) in [6, 6.07) is 15.7. The number of guanidine groups is 1. The molecule has 7 heteroatoms. The van der Waals surface area contributed by atoms with Gasteiger partial charge in [-0.05, 0) is 36.1 Å². The Hall–Kier alpha value is -3.06. The third kappa shape index (κ3) is 6.22. The van der Waals surface area contributed by atoms with E-state index in [2.05, 4.69) is 45.0 Å². The van der Waals surface area contributed by atoms with Gasteiger partial charge in [0.2, 0.25) is 5.88 Å². The standard InChI is InChI=1S/C23H28N4O2S/c1-4-28-19-8-5-6-9-20(19)29-22-12-11-18(15-25-22)16-27-23(24-3)26-14-17(2)21-10-7-13-30-21/h5-13,15,17H,4,14,16H2,1-3H3,(H2,24,26,27). The fraction of sp³-hybridized carbons (Fsp3) is 0.304. The van der Waals surface area contributed by atoms with Crippen LogP contribution < -0.4 is 20.1 Å². The van der Waals surface area contributed by atoms with E-state index in [-0.39, 0.29) is 0 Å². The highest BCUT2D eigenvalue weighted by molar-refractivity contribution is 7.10. The molecule has 0 amide bonds. The van der Waals surface area contributed by atoms with Crippen LogP contribution in [0.25, 0.3) is 0 Å². The van der Waals surface area contributed by atoms with Gasteiger partial charge in [0.25, 0.3) is 0 Å². The number of thiophene rings is 1.